The molecular weight excluding hydrogens is 460 g/mol. The fraction of sp³-hybridized carbons (Fsp3) is 0.296. The molecule has 35 heavy (non-hydrogen) atoms. The number of aromatic nitrogens is 1. The van der Waals surface area contributed by atoms with Crippen molar-refractivity contribution in [3.05, 3.63) is 66.7 Å². The van der Waals surface area contributed by atoms with Gasteiger partial charge in [-0.3, -0.25) is 4.90 Å². The lowest BCUT2D eigenvalue weighted by atomic mass is 10.1. The van der Waals surface area contributed by atoms with Crippen molar-refractivity contribution in [1.82, 2.24) is 9.88 Å². The molecule has 6 rings (SSSR count). The highest BCUT2D eigenvalue weighted by molar-refractivity contribution is 7.90. The molecule has 0 bridgehead atoms. The molecule has 2 fully saturated rings. The van der Waals surface area contributed by atoms with Gasteiger partial charge in [0, 0.05) is 55.4 Å². The second-order valence-electron chi connectivity index (χ2n) is 9.40. The number of para-hydroxylation sites is 1. The van der Waals surface area contributed by atoms with Crippen molar-refractivity contribution >= 4 is 38.3 Å². The highest BCUT2D eigenvalue weighted by Gasteiger charge is 2.31. The van der Waals surface area contributed by atoms with Crippen molar-refractivity contribution in [2.45, 2.75) is 23.8 Å². The molecule has 1 aromatic heterocycles. The van der Waals surface area contributed by atoms with E-state index >= 15 is 0 Å². The largest absolute Gasteiger partial charge is 0.423 e. The van der Waals surface area contributed by atoms with Crippen LogP contribution in [0.5, 0.6) is 0 Å². The van der Waals surface area contributed by atoms with Gasteiger partial charge in [0.1, 0.15) is 5.52 Å². The smallest absolute Gasteiger partial charge is 0.300 e. The third-order valence-corrected chi connectivity index (χ3v) is 8.00. The molecule has 4 aromatic rings. The van der Waals surface area contributed by atoms with Crippen LogP contribution in [0.25, 0.3) is 22.2 Å². The topological polar surface area (TPSA) is 78.7 Å². The third kappa shape index (κ3) is 4.63. The number of nitrogens with one attached hydrogen (secondary N) is 1. The molecule has 8 heteroatoms. The molecule has 1 aliphatic heterocycles. The average molecular weight is 489 g/mol. The fourth-order valence-electron chi connectivity index (χ4n) is 4.78. The Balaban J connectivity index is 1.18. The van der Waals surface area contributed by atoms with E-state index in [4.69, 9.17) is 4.42 Å². The molecule has 2 heterocycles. The van der Waals surface area contributed by atoms with Crippen molar-refractivity contribution in [3.8, 4) is 11.1 Å². The van der Waals surface area contributed by atoms with Crippen molar-refractivity contribution < 1.29 is 12.8 Å². The summed E-state index contributed by atoms with van der Waals surface area (Å²) in [4.78, 5) is 9.96. The maximum Gasteiger partial charge on any atom is 0.300 e. The highest BCUT2D eigenvalue weighted by atomic mass is 32.2. The Hall–Kier alpha value is -3.36. The minimum Gasteiger partial charge on any atom is -0.423 e. The number of piperazine rings is 1. The van der Waals surface area contributed by atoms with Gasteiger partial charge < -0.3 is 14.6 Å². The molecule has 0 unspecified atom stereocenters. The van der Waals surface area contributed by atoms with Crippen LogP contribution in [0.3, 0.4) is 0 Å². The minimum atomic E-state index is -3.24. The first-order chi connectivity index (χ1) is 16.9. The number of nitrogens with zero attached hydrogens (tertiary/aromatic N) is 3. The van der Waals surface area contributed by atoms with Gasteiger partial charge in [-0.15, -0.1) is 0 Å². The summed E-state index contributed by atoms with van der Waals surface area (Å²) in [6.07, 6.45) is 3.94. The van der Waals surface area contributed by atoms with Gasteiger partial charge >= 0.3 is 0 Å². The van der Waals surface area contributed by atoms with Crippen LogP contribution < -0.4 is 10.2 Å². The maximum absolute atomic E-state index is 11.8. The molecule has 0 spiro atoms. The van der Waals surface area contributed by atoms with E-state index in [1.807, 2.05) is 18.2 Å². The molecule has 1 saturated carbocycles. The van der Waals surface area contributed by atoms with Crippen molar-refractivity contribution in [2.24, 2.45) is 0 Å². The van der Waals surface area contributed by atoms with E-state index in [-0.39, 0.29) is 0 Å². The Kier molecular flexibility index (Phi) is 5.50. The molecule has 1 aliphatic carbocycles. The van der Waals surface area contributed by atoms with E-state index in [9.17, 15) is 8.42 Å². The first-order valence-electron chi connectivity index (χ1n) is 12.0. The third-order valence-electron chi connectivity index (χ3n) is 6.87. The lowest BCUT2D eigenvalue weighted by Gasteiger charge is -2.36. The Morgan fingerprint density at radius 3 is 2.29 bits per heavy atom. The summed E-state index contributed by atoms with van der Waals surface area (Å²) >= 11 is 0. The quantitative estimate of drug-likeness (QED) is 0.412. The number of benzene rings is 3. The zero-order valence-electron chi connectivity index (χ0n) is 19.6. The summed E-state index contributed by atoms with van der Waals surface area (Å²) in [6.45, 7) is 4.43. The summed E-state index contributed by atoms with van der Waals surface area (Å²) in [6, 6.07) is 22.3. The normalized spacial score (nSPS) is 17.1. The predicted molar refractivity (Wildman–Crippen MR) is 139 cm³/mol. The second kappa shape index (κ2) is 8.70. The minimum absolute atomic E-state index is 0.293. The second-order valence-corrected chi connectivity index (χ2v) is 11.4. The number of hydrogen-bond acceptors (Lipinski definition) is 7. The number of oxazole rings is 1. The Morgan fingerprint density at radius 1 is 0.914 bits per heavy atom. The Labute approximate surface area is 205 Å². The number of sulfone groups is 1. The SMILES string of the molecule is CS(=O)(=O)c1ccc(-c2cccc3nc(Nc4ccc(N5CCN(C6CC6)CC5)cc4)oc23)cc1. The van der Waals surface area contributed by atoms with Crippen LogP contribution in [0.4, 0.5) is 17.4 Å². The lowest BCUT2D eigenvalue weighted by Crippen LogP contribution is -2.47. The van der Waals surface area contributed by atoms with E-state index in [2.05, 4.69) is 44.4 Å². The molecule has 180 valence electrons. The van der Waals surface area contributed by atoms with E-state index in [1.54, 1.807) is 24.3 Å². The summed E-state index contributed by atoms with van der Waals surface area (Å²) in [5.41, 5.74) is 5.29. The first-order valence-corrected chi connectivity index (χ1v) is 13.9. The summed E-state index contributed by atoms with van der Waals surface area (Å²) in [7, 11) is -3.24. The summed E-state index contributed by atoms with van der Waals surface area (Å²) < 4.78 is 29.6. The van der Waals surface area contributed by atoms with Gasteiger partial charge in [0.15, 0.2) is 15.4 Å². The van der Waals surface area contributed by atoms with Gasteiger partial charge in [-0.1, -0.05) is 24.3 Å². The molecule has 7 nitrogen and oxygen atoms in total. The van der Waals surface area contributed by atoms with Crippen LogP contribution in [0.1, 0.15) is 12.8 Å². The maximum atomic E-state index is 11.8. The van der Waals surface area contributed by atoms with Crippen LogP contribution in [0.15, 0.2) is 76.0 Å². The first kappa shape index (κ1) is 22.1. The van der Waals surface area contributed by atoms with Crippen LogP contribution >= 0.6 is 0 Å². The van der Waals surface area contributed by atoms with Crippen LogP contribution in [0, 0.1) is 0 Å². The summed E-state index contributed by atoms with van der Waals surface area (Å²) in [5, 5.41) is 3.28. The highest BCUT2D eigenvalue weighted by Crippen LogP contribution is 2.33. The van der Waals surface area contributed by atoms with Gasteiger partial charge in [0.2, 0.25) is 0 Å². The fourth-order valence-corrected chi connectivity index (χ4v) is 5.41. The van der Waals surface area contributed by atoms with Crippen molar-refractivity contribution in [1.29, 1.82) is 0 Å². The van der Waals surface area contributed by atoms with Crippen molar-refractivity contribution in [3.63, 3.8) is 0 Å². The Morgan fingerprint density at radius 2 is 1.63 bits per heavy atom. The van der Waals surface area contributed by atoms with Gasteiger partial charge in [-0.25, -0.2) is 8.42 Å². The van der Waals surface area contributed by atoms with E-state index in [0.29, 0.717) is 16.5 Å². The molecule has 3 aromatic carbocycles. The zero-order valence-corrected chi connectivity index (χ0v) is 20.5. The Bertz CT molecular complexity index is 1450. The average Bonchev–Trinajstić information content (AvgIpc) is 3.63. The summed E-state index contributed by atoms with van der Waals surface area (Å²) in [5.74, 6) is 0. The van der Waals surface area contributed by atoms with Crippen LogP contribution in [0.2, 0.25) is 0 Å². The van der Waals surface area contributed by atoms with Gasteiger partial charge in [0.05, 0.1) is 4.90 Å². The van der Waals surface area contributed by atoms with E-state index in [1.165, 1.54) is 24.8 Å². The molecular formula is C27H28N4O3S. The predicted octanol–water partition coefficient (Wildman–Crippen LogP) is 4.93. The molecule has 1 saturated heterocycles. The number of rotatable bonds is 6. The van der Waals surface area contributed by atoms with Gasteiger partial charge in [-0.2, -0.15) is 4.98 Å². The van der Waals surface area contributed by atoms with Gasteiger partial charge in [-0.05, 0) is 60.9 Å². The molecule has 0 amide bonds. The van der Waals surface area contributed by atoms with E-state index in [0.717, 1.165) is 54.6 Å². The molecule has 0 atom stereocenters. The monoisotopic (exact) mass is 488 g/mol. The number of hydrogen-bond donors (Lipinski definition) is 1. The molecule has 0 radical (unpaired) electrons. The molecule has 2 aliphatic rings. The van der Waals surface area contributed by atoms with Crippen LogP contribution in [-0.2, 0) is 9.84 Å². The van der Waals surface area contributed by atoms with Gasteiger partial charge in [0.25, 0.3) is 6.01 Å². The lowest BCUT2D eigenvalue weighted by molar-refractivity contribution is 0.248. The van der Waals surface area contributed by atoms with Crippen molar-refractivity contribution in [2.75, 3.05) is 42.7 Å². The van der Waals surface area contributed by atoms with Crippen LogP contribution in [-0.4, -0.2) is 56.8 Å². The number of anilines is 3. The molecule has 1 N–H and O–H groups in total. The van der Waals surface area contributed by atoms with E-state index < -0.39 is 9.84 Å². The number of fused-ring (bicyclic) bond motifs is 1. The zero-order chi connectivity index (χ0) is 24.0. The standard InChI is InChI=1S/C27H28N4O3S/c1-35(32,33)23-13-5-19(6-14-23)24-3-2-4-25-26(24)34-27(29-25)28-20-7-9-21(10-8-20)30-15-17-31(18-16-30)22-11-12-22/h2-10,13-14,22H,11-12,15-18H2,1H3,(H,28,29).